The molecule has 1 aromatic rings. The van der Waals surface area contributed by atoms with E-state index in [4.69, 9.17) is 4.74 Å². The zero-order chi connectivity index (χ0) is 13.5. The second kappa shape index (κ2) is 6.96. The molecule has 0 radical (unpaired) electrons. The van der Waals surface area contributed by atoms with Crippen LogP contribution in [0.15, 0.2) is 18.2 Å². The van der Waals surface area contributed by atoms with Crippen molar-refractivity contribution in [1.29, 1.82) is 0 Å². The van der Waals surface area contributed by atoms with Gasteiger partial charge in [-0.05, 0) is 33.0 Å². The number of nitrogens with one attached hydrogen (secondary N) is 2. The first kappa shape index (κ1) is 14.4. The molecule has 0 heterocycles. The van der Waals surface area contributed by atoms with Crippen molar-refractivity contribution in [3.63, 3.8) is 0 Å². The minimum atomic E-state index is -0.407. The molecule has 4 nitrogen and oxygen atoms in total. The summed E-state index contributed by atoms with van der Waals surface area (Å²) in [5.41, 5.74) is 0.366. The van der Waals surface area contributed by atoms with Gasteiger partial charge in [-0.15, -0.1) is 0 Å². The van der Waals surface area contributed by atoms with Crippen LogP contribution in [0.2, 0.25) is 0 Å². The maximum Gasteiger partial charge on any atom is 0.225 e. The van der Waals surface area contributed by atoms with Gasteiger partial charge in [-0.1, -0.05) is 0 Å². The molecule has 0 unspecified atom stereocenters. The number of amides is 1. The molecule has 1 aromatic carbocycles. The standard InChI is InChI=1S/C13H19FN2O2/c1-9(2)18-12-5-4-10(14)8-11(12)16-13(17)6-7-15-3/h4-5,8-9,15H,6-7H2,1-3H3,(H,16,17). The number of ether oxygens (including phenoxy) is 1. The molecule has 1 rings (SSSR count). The van der Waals surface area contributed by atoms with Gasteiger partial charge in [0.05, 0.1) is 11.8 Å². The minimum Gasteiger partial charge on any atom is -0.489 e. The summed E-state index contributed by atoms with van der Waals surface area (Å²) in [6, 6.07) is 4.08. The number of carbonyl (C=O) groups is 1. The summed E-state index contributed by atoms with van der Waals surface area (Å²) in [6.45, 7) is 4.31. The Kier molecular flexibility index (Phi) is 5.58. The van der Waals surface area contributed by atoms with Crippen LogP contribution in [0.1, 0.15) is 20.3 Å². The van der Waals surface area contributed by atoms with Crippen molar-refractivity contribution in [3.8, 4) is 5.75 Å². The Hall–Kier alpha value is -1.62. The van der Waals surface area contributed by atoms with Gasteiger partial charge in [-0.2, -0.15) is 0 Å². The Balaban J connectivity index is 2.78. The van der Waals surface area contributed by atoms with Gasteiger partial charge in [0.1, 0.15) is 11.6 Å². The third-order valence-electron chi connectivity index (χ3n) is 2.18. The first-order valence-electron chi connectivity index (χ1n) is 5.93. The van der Waals surface area contributed by atoms with Crippen molar-refractivity contribution in [3.05, 3.63) is 24.0 Å². The zero-order valence-electron chi connectivity index (χ0n) is 10.9. The highest BCUT2D eigenvalue weighted by Gasteiger charge is 2.10. The van der Waals surface area contributed by atoms with Crippen molar-refractivity contribution < 1.29 is 13.9 Å². The summed E-state index contributed by atoms with van der Waals surface area (Å²) in [6.07, 6.45) is 0.289. The lowest BCUT2D eigenvalue weighted by atomic mass is 10.2. The molecule has 100 valence electrons. The fourth-order valence-electron chi connectivity index (χ4n) is 1.41. The molecule has 1 amide bonds. The predicted octanol–water partition coefficient (Wildman–Crippen LogP) is 2.16. The zero-order valence-corrected chi connectivity index (χ0v) is 10.9. The molecular weight excluding hydrogens is 235 g/mol. The predicted molar refractivity (Wildman–Crippen MR) is 69.3 cm³/mol. The number of hydrogen-bond donors (Lipinski definition) is 2. The second-order valence-electron chi connectivity index (χ2n) is 4.21. The Morgan fingerprint density at radius 2 is 2.17 bits per heavy atom. The first-order valence-corrected chi connectivity index (χ1v) is 5.93. The number of benzene rings is 1. The highest BCUT2D eigenvalue weighted by molar-refractivity contribution is 5.92. The molecule has 0 fully saturated rings. The molecule has 0 spiro atoms. The molecule has 0 atom stereocenters. The quantitative estimate of drug-likeness (QED) is 0.818. The molecule has 0 aromatic heterocycles. The van der Waals surface area contributed by atoms with Crippen LogP contribution in [0.4, 0.5) is 10.1 Å². The lowest BCUT2D eigenvalue weighted by Gasteiger charge is -2.15. The van der Waals surface area contributed by atoms with E-state index in [2.05, 4.69) is 10.6 Å². The van der Waals surface area contributed by atoms with Gasteiger partial charge in [-0.25, -0.2) is 4.39 Å². The fraction of sp³-hybridized carbons (Fsp3) is 0.462. The van der Waals surface area contributed by atoms with Crippen LogP contribution in [0.25, 0.3) is 0 Å². The Labute approximate surface area is 107 Å². The minimum absolute atomic E-state index is 0.0385. The maximum absolute atomic E-state index is 13.2. The topological polar surface area (TPSA) is 50.4 Å². The SMILES string of the molecule is CNCCC(=O)Nc1cc(F)ccc1OC(C)C. The number of halogens is 1. The summed E-state index contributed by atoms with van der Waals surface area (Å²) < 4.78 is 18.7. The van der Waals surface area contributed by atoms with E-state index in [0.29, 0.717) is 24.4 Å². The molecule has 0 aliphatic carbocycles. The van der Waals surface area contributed by atoms with E-state index in [1.807, 2.05) is 13.8 Å². The molecular formula is C13H19FN2O2. The number of carbonyl (C=O) groups excluding carboxylic acids is 1. The summed E-state index contributed by atoms with van der Waals surface area (Å²) >= 11 is 0. The van der Waals surface area contributed by atoms with Crippen molar-refractivity contribution in [1.82, 2.24) is 5.32 Å². The normalized spacial score (nSPS) is 10.5. The summed E-state index contributed by atoms with van der Waals surface area (Å²) in [7, 11) is 1.77. The van der Waals surface area contributed by atoms with Crippen LogP contribution in [0, 0.1) is 5.82 Å². The van der Waals surface area contributed by atoms with E-state index < -0.39 is 5.82 Å². The van der Waals surface area contributed by atoms with Crippen molar-refractivity contribution in [2.45, 2.75) is 26.4 Å². The van der Waals surface area contributed by atoms with Crippen LogP contribution in [-0.2, 0) is 4.79 Å². The van der Waals surface area contributed by atoms with Crippen LogP contribution in [-0.4, -0.2) is 25.6 Å². The van der Waals surface area contributed by atoms with Crippen LogP contribution >= 0.6 is 0 Å². The van der Waals surface area contributed by atoms with Gasteiger partial charge in [0.15, 0.2) is 0 Å². The van der Waals surface area contributed by atoms with Crippen LogP contribution < -0.4 is 15.4 Å². The summed E-state index contributed by atoms with van der Waals surface area (Å²) in [5, 5.41) is 5.52. The van der Waals surface area contributed by atoms with E-state index in [1.165, 1.54) is 18.2 Å². The van der Waals surface area contributed by atoms with Gasteiger partial charge in [0, 0.05) is 19.0 Å². The van der Waals surface area contributed by atoms with Crippen LogP contribution in [0.5, 0.6) is 5.75 Å². The molecule has 5 heteroatoms. The highest BCUT2D eigenvalue weighted by Crippen LogP contribution is 2.26. The van der Waals surface area contributed by atoms with Gasteiger partial charge < -0.3 is 15.4 Å². The second-order valence-corrected chi connectivity index (χ2v) is 4.21. The van der Waals surface area contributed by atoms with Crippen LogP contribution in [0.3, 0.4) is 0 Å². The Morgan fingerprint density at radius 1 is 1.44 bits per heavy atom. The third kappa shape index (κ3) is 4.71. The average molecular weight is 254 g/mol. The summed E-state index contributed by atoms with van der Waals surface area (Å²) in [5.74, 6) is -0.109. The van der Waals surface area contributed by atoms with E-state index in [-0.39, 0.29) is 12.0 Å². The van der Waals surface area contributed by atoms with Gasteiger partial charge in [0.25, 0.3) is 0 Å². The first-order chi connectivity index (χ1) is 8.52. The van der Waals surface area contributed by atoms with Crippen molar-refractivity contribution >= 4 is 11.6 Å². The summed E-state index contributed by atoms with van der Waals surface area (Å²) in [4.78, 5) is 11.6. The van der Waals surface area contributed by atoms with Crippen molar-refractivity contribution in [2.24, 2.45) is 0 Å². The molecule has 2 N–H and O–H groups in total. The van der Waals surface area contributed by atoms with E-state index in [0.717, 1.165) is 0 Å². The molecule has 0 bridgehead atoms. The third-order valence-corrected chi connectivity index (χ3v) is 2.18. The fourth-order valence-corrected chi connectivity index (χ4v) is 1.41. The molecule has 0 aliphatic heterocycles. The highest BCUT2D eigenvalue weighted by atomic mass is 19.1. The van der Waals surface area contributed by atoms with Crippen molar-refractivity contribution in [2.75, 3.05) is 18.9 Å². The Morgan fingerprint density at radius 3 is 2.78 bits per heavy atom. The number of hydrogen-bond acceptors (Lipinski definition) is 3. The smallest absolute Gasteiger partial charge is 0.225 e. The Bertz CT molecular complexity index is 408. The lowest BCUT2D eigenvalue weighted by Crippen LogP contribution is -2.19. The van der Waals surface area contributed by atoms with E-state index in [9.17, 15) is 9.18 Å². The monoisotopic (exact) mass is 254 g/mol. The van der Waals surface area contributed by atoms with Gasteiger partial charge in [0.2, 0.25) is 5.91 Å². The van der Waals surface area contributed by atoms with Gasteiger partial charge >= 0.3 is 0 Å². The number of anilines is 1. The number of rotatable bonds is 6. The molecule has 0 aliphatic rings. The van der Waals surface area contributed by atoms with E-state index in [1.54, 1.807) is 7.05 Å². The molecule has 0 saturated carbocycles. The molecule has 0 saturated heterocycles. The molecule has 18 heavy (non-hydrogen) atoms. The average Bonchev–Trinajstić information content (AvgIpc) is 2.29. The largest absolute Gasteiger partial charge is 0.489 e. The van der Waals surface area contributed by atoms with E-state index >= 15 is 0 Å². The van der Waals surface area contributed by atoms with Gasteiger partial charge in [-0.3, -0.25) is 4.79 Å². The lowest BCUT2D eigenvalue weighted by molar-refractivity contribution is -0.116. The maximum atomic E-state index is 13.2.